The molecule has 1 aromatic carbocycles. The van der Waals surface area contributed by atoms with Gasteiger partial charge in [0, 0.05) is 35.6 Å². The summed E-state index contributed by atoms with van der Waals surface area (Å²) in [6, 6.07) is 7.85. The van der Waals surface area contributed by atoms with Crippen LogP contribution in [-0.2, 0) is 17.8 Å². The largest absolute Gasteiger partial charge is 0.361 e. The van der Waals surface area contributed by atoms with Gasteiger partial charge in [0.15, 0.2) is 0 Å². The second-order valence-corrected chi connectivity index (χ2v) is 5.20. The van der Waals surface area contributed by atoms with E-state index in [9.17, 15) is 4.79 Å². The molecule has 1 aliphatic rings. The fourth-order valence-electron chi connectivity index (χ4n) is 2.63. The molecule has 0 saturated carbocycles. The van der Waals surface area contributed by atoms with E-state index < -0.39 is 0 Å². The summed E-state index contributed by atoms with van der Waals surface area (Å²) in [6.45, 7) is 3.39. The topological polar surface area (TPSA) is 36.1 Å². The van der Waals surface area contributed by atoms with Gasteiger partial charge in [-0.25, -0.2) is 0 Å². The highest BCUT2D eigenvalue weighted by atomic mass is 35.5. The van der Waals surface area contributed by atoms with Crippen LogP contribution in [0.15, 0.2) is 30.5 Å². The van der Waals surface area contributed by atoms with Crippen molar-refractivity contribution in [1.29, 1.82) is 0 Å². The minimum Gasteiger partial charge on any atom is -0.361 e. The molecule has 0 unspecified atom stereocenters. The molecule has 1 N–H and O–H groups in total. The first-order valence-electron chi connectivity index (χ1n) is 6.42. The van der Waals surface area contributed by atoms with Crippen LogP contribution in [0.25, 0.3) is 11.3 Å². The van der Waals surface area contributed by atoms with Crippen LogP contribution < -0.4 is 0 Å². The minimum atomic E-state index is 0.185. The first-order valence-corrected chi connectivity index (χ1v) is 6.79. The van der Waals surface area contributed by atoms with Gasteiger partial charge in [-0.3, -0.25) is 4.79 Å². The number of nitrogens with zero attached hydrogens (tertiary/aromatic N) is 1. The number of carbonyl (C=O) groups is 1. The van der Waals surface area contributed by atoms with Crippen LogP contribution >= 0.6 is 11.6 Å². The molecule has 1 amide bonds. The normalized spacial score (nSPS) is 14.6. The van der Waals surface area contributed by atoms with E-state index in [4.69, 9.17) is 11.6 Å². The van der Waals surface area contributed by atoms with Crippen LogP contribution in [-0.4, -0.2) is 22.3 Å². The van der Waals surface area contributed by atoms with Crippen LogP contribution in [0, 0.1) is 0 Å². The Bertz CT molecular complexity index is 619. The van der Waals surface area contributed by atoms with Crippen LogP contribution in [0.4, 0.5) is 0 Å². The van der Waals surface area contributed by atoms with Crippen LogP contribution in [0.2, 0.25) is 5.02 Å². The number of aromatic amines is 1. The second-order valence-electron chi connectivity index (χ2n) is 4.76. The Kier molecular flexibility index (Phi) is 3.07. The van der Waals surface area contributed by atoms with Gasteiger partial charge in [-0.05, 0) is 42.3 Å². The van der Waals surface area contributed by atoms with Crippen molar-refractivity contribution in [1.82, 2.24) is 9.88 Å². The number of nitrogens with one attached hydrogen (secondary N) is 1. The van der Waals surface area contributed by atoms with Gasteiger partial charge in [-0.1, -0.05) is 11.6 Å². The van der Waals surface area contributed by atoms with Gasteiger partial charge in [0.25, 0.3) is 0 Å². The smallest absolute Gasteiger partial charge is 0.227 e. The van der Waals surface area contributed by atoms with Crippen LogP contribution in [0.1, 0.15) is 18.1 Å². The average Bonchev–Trinajstić information content (AvgIpc) is 2.91. The van der Waals surface area contributed by atoms with E-state index in [0.29, 0.717) is 18.0 Å². The molecule has 19 heavy (non-hydrogen) atoms. The molecule has 0 spiro atoms. The molecule has 0 saturated heterocycles. The lowest BCUT2D eigenvalue weighted by atomic mass is 9.92. The summed E-state index contributed by atoms with van der Waals surface area (Å²) in [5.74, 6) is 0.185. The Morgan fingerprint density at radius 1 is 1.42 bits per heavy atom. The number of rotatable bonds is 2. The molecule has 3 rings (SSSR count). The summed E-state index contributed by atoms with van der Waals surface area (Å²) in [6.07, 6.45) is 2.33. The van der Waals surface area contributed by atoms with Gasteiger partial charge >= 0.3 is 0 Å². The van der Waals surface area contributed by atoms with Crippen molar-refractivity contribution in [2.45, 2.75) is 19.9 Å². The number of likely N-dealkylation sites (N-methyl/N-ethyl adjacent to an activating group) is 1. The molecule has 1 aromatic heterocycles. The predicted octanol–water partition coefficient (Wildman–Crippen LogP) is 3.24. The molecule has 3 nitrogen and oxygen atoms in total. The Morgan fingerprint density at radius 2 is 2.26 bits per heavy atom. The fourth-order valence-corrected chi connectivity index (χ4v) is 2.87. The lowest BCUT2D eigenvalue weighted by molar-refractivity contribution is -0.131. The highest BCUT2D eigenvalue weighted by molar-refractivity contribution is 6.31. The molecule has 0 bridgehead atoms. The van der Waals surface area contributed by atoms with Crippen molar-refractivity contribution < 1.29 is 4.79 Å². The number of H-pyrrole nitrogens is 1. The molecule has 0 fully saturated rings. The number of amides is 1. The van der Waals surface area contributed by atoms with Crippen LogP contribution in [0.3, 0.4) is 0 Å². The van der Waals surface area contributed by atoms with Gasteiger partial charge in [-0.15, -0.1) is 0 Å². The van der Waals surface area contributed by atoms with Crippen molar-refractivity contribution in [2.24, 2.45) is 0 Å². The molecule has 98 valence electrons. The number of hydrogen-bond donors (Lipinski definition) is 1. The summed E-state index contributed by atoms with van der Waals surface area (Å²) in [5, 5.41) is 0.716. The van der Waals surface area contributed by atoms with E-state index in [2.05, 4.69) is 4.98 Å². The molecular formula is C15H15ClN2O. The number of hydrogen-bond acceptors (Lipinski definition) is 1. The van der Waals surface area contributed by atoms with E-state index >= 15 is 0 Å². The van der Waals surface area contributed by atoms with Gasteiger partial charge in [-0.2, -0.15) is 0 Å². The maximum absolute atomic E-state index is 12.1. The Morgan fingerprint density at radius 3 is 2.95 bits per heavy atom. The van der Waals surface area contributed by atoms with Crippen molar-refractivity contribution in [3.05, 3.63) is 46.6 Å². The first-order chi connectivity index (χ1) is 9.19. The van der Waals surface area contributed by atoms with Crippen molar-refractivity contribution in [3.8, 4) is 11.3 Å². The lowest BCUT2D eigenvalue weighted by Crippen LogP contribution is -2.36. The molecule has 2 aromatic rings. The van der Waals surface area contributed by atoms with Gasteiger partial charge < -0.3 is 9.88 Å². The molecule has 2 heterocycles. The monoisotopic (exact) mass is 274 g/mol. The Hall–Kier alpha value is -1.74. The van der Waals surface area contributed by atoms with Crippen molar-refractivity contribution in [3.63, 3.8) is 0 Å². The summed E-state index contributed by atoms with van der Waals surface area (Å²) in [4.78, 5) is 17.1. The van der Waals surface area contributed by atoms with Crippen molar-refractivity contribution >= 4 is 17.5 Å². The van der Waals surface area contributed by atoms with Gasteiger partial charge in [0.05, 0.1) is 6.42 Å². The number of carbonyl (C=O) groups excluding carboxylic acids is 1. The number of aromatic nitrogens is 1. The number of benzene rings is 1. The highest BCUT2D eigenvalue weighted by Gasteiger charge is 2.25. The van der Waals surface area contributed by atoms with E-state index in [1.807, 2.05) is 42.3 Å². The van der Waals surface area contributed by atoms with E-state index in [1.165, 1.54) is 0 Å². The van der Waals surface area contributed by atoms with Crippen molar-refractivity contribution in [2.75, 3.05) is 6.54 Å². The summed E-state index contributed by atoms with van der Waals surface area (Å²) in [7, 11) is 0. The molecule has 0 radical (unpaired) electrons. The van der Waals surface area contributed by atoms with E-state index in [-0.39, 0.29) is 5.91 Å². The Balaban J connectivity index is 2.13. The van der Waals surface area contributed by atoms with Gasteiger partial charge in [0.1, 0.15) is 0 Å². The third-order valence-electron chi connectivity index (χ3n) is 3.62. The SMILES string of the molecule is CCN1Cc2cc(Cl)cc(-c3ccc[nH]3)c2CC1=O. The number of halogens is 1. The zero-order valence-corrected chi connectivity index (χ0v) is 11.5. The minimum absolute atomic E-state index is 0.185. The third kappa shape index (κ3) is 2.15. The predicted molar refractivity (Wildman–Crippen MR) is 76.0 cm³/mol. The quantitative estimate of drug-likeness (QED) is 0.897. The Labute approximate surface area is 117 Å². The summed E-state index contributed by atoms with van der Waals surface area (Å²) < 4.78 is 0. The molecule has 0 aliphatic carbocycles. The standard InChI is InChI=1S/C15H15ClN2O/c1-2-18-9-10-6-11(16)7-13(12(10)8-15(18)19)14-4-3-5-17-14/h3-7,17H,2,8-9H2,1H3. The fraction of sp³-hybridized carbons (Fsp3) is 0.267. The lowest BCUT2D eigenvalue weighted by Gasteiger charge is -2.29. The van der Waals surface area contributed by atoms with Crippen LogP contribution in [0.5, 0.6) is 0 Å². The molecule has 0 atom stereocenters. The van der Waals surface area contributed by atoms with E-state index in [1.54, 1.807) is 0 Å². The maximum atomic E-state index is 12.1. The zero-order valence-electron chi connectivity index (χ0n) is 10.7. The zero-order chi connectivity index (χ0) is 13.4. The molecular weight excluding hydrogens is 260 g/mol. The summed E-state index contributed by atoms with van der Waals surface area (Å²) in [5.41, 5.74) is 4.30. The van der Waals surface area contributed by atoms with E-state index in [0.717, 1.165) is 28.9 Å². The third-order valence-corrected chi connectivity index (χ3v) is 3.84. The first kappa shape index (κ1) is 12.3. The number of fused-ring (bicyclic) bond motifs is 1. The average molecular weight is 275 g/mol. The summed E-state index contributed by atoms with van der Waals surface area (Å²) >= 11 is 6.21. The highest BCUT2D eigenvalue weighted by Crippen LogP contribution is 2.32. The maximum Gasteiger partial charge on any atom is 0.227 e. The molecule has 4 heteroatoms. The van der Waals surface area contributed by atoms with Gasteiger partial charge in [0.2, 0.25) is 5.91 Å². The molecule has 1 aliphatic heterocycles. The second kappa shape index (κ2) is 4.74.